The summed E-state index contributed by atoms with van der Waals surface area (Å²) in [5.41, 5.74) is 1.43. The summed E-state index contributed by atoms with van der Waals surface area (Å²) in [6, 6.07) is 7.05. The monoisotopic (exact) mass is 402 g/mol. The number of methoxy groups -OCH3 is 1. The number of benzene rings is 1. The zero-order valence-corrected chi connectivity index (χ0v) is 17.1. The van der Waals surface area contributed by atoms with Gasteiger partial charge in [0.2, 0.25) is 11.8 Å². The van der Waals surface area contributed by atoms with Gasteiger partial charge in [-0.15, -0.1) is 0 Å². The SMILES string of the molecule is CNC(=O)c1ccc(/C=C/C(=O)N2CCN(CC(=O)NCCCOC)CC2)cc1. The van der Waals surface area contributed by atoms with Crippen molar-refractivity contribution in [3.63, 3.8) is 0 Å². The molecule has 1 aliphatic heterocycles. The van der Waals surface area contributed by atoms with E-state index in [0.29, 0.717) is 51.4 Å². The van der Waals surface area contributed by atoms with Gasteiger partial charge in [-0.3, -0.25) is 19.3 Å². The van der Waals surface area contributed by atoms with E-state index in [9.17, 15) is 14.4 Å². The lowest BCUT2D eigenvalue weighted by molar-refractivity contribution is -0.128. The van der Waals surface area contributed by atoms with Gasteiger partial charge < -0.3 is 20.3 Å². The quantitative estimate of drug-likeness (QED) is 0.460. The molecule has 2 rings (SSSR count). The van der Waals surface area contributed by atoms with Gasteiger partial charge in [0, 0.05) is 65.1 Å². The van der Waals surface area contributed by atoms with Gasteiger partial charge in [0.1, 0.15) is 0 Å². The first-order valence-electron chi connectivity index (χ1n) is 9.80. The number of carbonyl (C=O) groups is 3. The molecule has 0 saturated carbocycles. The molecule has 1 aromatic rings. The standard InChI is InChI=1S/C21H30N4O4/c1-22-21(28)18-7-4-17(5-8-18)6-9-20(27)25-13-11-24(12-14-25)16-19(26)23-10-3-15-29-2/h4-9H,3,10-16H2,1-2H3,(H,22,28)(H,23,26)/b9-6+. The summed E-state index contributed by atoms with van der Waals surface area (Å²) in [7, 11) is 3.23. The van der Waals surface area contributed by atoms with Crippen LogP contribution in [0.25, 0.3) is 6.08 Å². The van der Waals surface area contributed by atoms with Gasteiger partial charge in [-0.05, 0) is 30.2 Å². The lowest BCUT2D eigenvalue weighted by atomic mass is 10.1. The number of hydrogen-bond donors (Lipinski definition) is 2. The Labute approximate surface area is 171 Å². The molecule has 1 aliphatic rings. The second kappa shape index (κ2) is 12.0. The Morgan fingerprint density at radius 1 is 1.10 bits per heavy atom. The number of carbonyl (C=O) groups excluding carboxylic acids is 3. The Morgan fingerprint density at radius 3 is 2.41 bits per heavy atom. The van der Waals surface area contributed by atoms with Crippen LogP contribution in [0, 0.1) is 0 Å². The van der Waals surface area contributed by atoms with Crippen molar-refractivity contribution in [1.29, 1.82) is 0 Å². The van der Waals surface area contributed by atoms with E-state index in [1.807, 2.05) is 0 Å². The van der Waals surface area contributed by atoms with Crippen LogP contribution in [-0.2, 0) is 14.3 Å². The van der Waals surface area contributed by atoms with Crippen molar-refractivity contribution >= 4 is 23.8 Å². The van der Waals surface area contributed by atoms with Gasteiger partial charge in [0.25, 0.3) is 5.91 Å². The molecule has 158 valence electrons. The van der Waals surface area contributed by atoms with E-state index in [2.05, 4.69) is 15.5 Å². The van der Waals surface area contributed by atoms with Crippen LogP contribution in [0.5, 0.6) is 0 Å². The maximum absolute atomic E-state index is 12.4. The number of amides is 3. The van der Waals surface area contributed by atoms with E-state index >= 15 is 0 Å². The summed E-state index contributed by atoms with van der Waals surface area (Å²) in [4.78, 5) is 39.7. The smallest absolute Gasteiger partial charge is 0.251 e. The summed E-state index contributed by atoms with van der Waals surface area (Å²) in [6.07, 6.45) is 4.09. The van der Waals surface area contributed by atoms with Crippen LogP contribution in [0.15, 0.2) is 30.3 Å². The van der Waals surface area contributed by atoms with Crippen LogP contribution >= 0.6 is 0 Å². The predicted molar refractivity (Wildman–Crippen MR) is 111 cm³/mol. The molecule has 3 amide bonds. The van der Waals surface area contributed by atoms with Gasteiger partial charge in [0.05, 0.1) is 6.54 Å². The Kier molecular flexibility index (Phi) is 9.33. The lowest BCUT2D eigenvalue weighted by Crippen LogP contribution is -2.50. The molecule has 0 radical (unpaired) electrons. The van der Waals surface area contributed by atoms with Crippen LogP contribution < -0.4 is 10.6 Å². The molecular weight excluding hydrogens is 372 g/mol. The van der Waals surface area contributed by atoms with E-state index in [1.54, 1.807) is 55.5 Å². The van der Waals surface area contributed by atoms with Crippen molar-refractivity contribution in [3.05, 3.63) is 41.5 Å². The number of ether oxygens (including phenoxy) is 1. The van der Waals surface area contributed by atoms with E-state index in [0.717, 1.165) is 12.0 Å². The van der Waals surface area contributed by atoms with Crippen molar-refractivity contribution in [2.75, 3.05) is 60.0 Å². The molecule has 0 spiro atoms. The fourth-order valence-electron chi connectivity index (χ4n) is 2.99. The molecule has 2 N–H and O–H groups in total. The highest BCUT2D eigenvalue weighted by Gasteiger charge is 2.21. The van der Waals surface area contributed by atoms with Crippen molar-refractivity contribution in [2.45, 2.75) is 6.42 Å². The van der Waals surface area contributed by atoms with E-state index in [4.69, 9.17) is 4.74 Å². The number of hydrogen-bond acceptors (Lipinski definition) is 5. The minimum absolute atomic E-state index is 0.000905. The van der Waals surface area contributed by atoms with Crippen LogP contribution in [0.3, 0.4) is 0 Å². The van der Waals surface area contributed by atoms with Crippen LogP contribution in [-0.4, -0.2) is 87.6 Å². The molecule has 1 saturated heterocycles. The summed E-state index contributed by atoms with van der Waals surface area (Å²) < 4.78 is 4.95. The van der Waals surface area contributed by atoms with Crippen molar-refractivity contribution in [3.8, 4) is 0 Å². The molecule has 8 nitrogen and oxygen atoms in total. The number of rotatable bonds is 9. The second-order valence-electron chi connectivity index (χ2n) is 6.83. The average Bonchev–Trinajstić information content (AvgIpc) is 2.75. The van der Waals surface area contributed by atoms with Gasteiger partial charge >= 0.3 is 0 Å². The molecule has 0 bridgehead atoms. The molecular formula is C21H30N4O4. The molecule has 0 aromatic heterocycles. The fraction of sp³-hybridized carbons (Fsp3) is 0.476. The highest BCUT2D eigenvalue weighted by Crippen LogP contribution is 2.08. The maximum Gasteiger partial charge on any atom is 0.251 e. The third-order valence-corrected chi connectivity index (χ3v) is 4.72. The van der Waals surface area contributed by atoms with Gasteiger partial charge in [-0.2, -0.15) is 0 Å². The van der Waals surface area contributed by atoms with Crippen molar-refractivity contribution < 1.29 is 19.1 Å². The van der Waals surface area contributed by atoms with Crippen LogP contribution in [0.1, 0.15) is 22.3 Å². The van der Waals surface area contributed by atoms with Crippen molar-refractivity contribution in [2.24, 2.45) is 0 Å². The Morgan fingerprint density at radius 2 is 1.79 bits per heavy atom. The third-order valence-electron chi connectivity index (χ3n) is 4.72. The van der Waals surface area contributed by atoms with Crippen LogP contribution in [0.2, 0.25) is 0 Å². The zero-order valence-electron chi connectivity index (χ0n) is 17.1. The molecule has 0 unspecified atom stereocenters. The first-order chi connectivity index (χ1) is 14.0. The summed E-state index contributed by atoms with van der Waals surface area (Å²) in [5, 5.41) is 5.45. The van der Waals surface area contributed by atoms with E-state index in [-0.39, 0.29) is 17.7 Å². The zero-order chi connectivity index (χ0) is 21.1. The second-order valence-corrected chi connectivity index (χ2v) is 6.83. The van der Waals surface area contributed by atoms with E-state index < -0.39 is 0 Å². The normalized spacial score (nSPS) is 14.8. The minimum atomic E-state index is -0.141. The molecule has 0 atom stereocenters. The van der Waals surface area contributed by atoms with Gasteiger partial charge in [0.15, 0.2) is 0 Å². The third kappa shape index (κ3) is 7.67. The summed E-state index contributed by atoms with van der Waals surface area (Å²) in [5.74, 6) is -0.192. The number of nitrogens with zero attached hydrogens (tertiary/aromatic N) is 2. The predicted octanol–water partition coefficient (Wildman–Crippen LogP) is 0.356. The Balaban J connectivity index is 1.73. The molecule has 8 heteroatoms. The molecule has 1 heterocycles. The molecule has 1 fully saturated rings. The highest BCUT2D eigenvalue weighted by atomic mass is 16.5. The first kappa shape index (κ1) is 22.6. The summed E-state index contributed by atoms with van der Waals surface area (Å²) in [6.45, 7) is 4.12. The summed E-state index contributed by atoms with van der Waals surface area (Å²) >= 11 is 0. The molecule has 0 aliphatic carbocycles. The van der Waals surface area contributed by atoms with Gasteiger partial charge in [-0.25, -0.2) is 0 Å². The minimum Gasteiger partial charge on any atom is -0.385 e. The molecule has 1 aromatic carbocycles. The highest BCUT2D eigenvalue weighted by molar-refractivity contribution is 5.94. The van der Waals surface area contributed by atoms with E-state index in [1.165, 1.54) is 0 Å². The first-order valence-corrected chi connectivity index (χ1v) is 9.80. The maximum atomic E-state index is 12.4. The largest absolute Gasteiger partial charge is 0.385 e. The van der Waals surface area contributed by atoms with Crippen molar-refractivity contribution in [1.82, 2.24) is 20.4 Å². The topological polar surface area (TPSA) is 91.0 Å². The average molecular weight is 402 g/mol. The number of nitrogens with one attached hydrogen (secondary N) is 2. The Hall–Kier alpha value is -2.71. The molecule has 29 heavy (non-hydrogen) atoms. The lowest BCUT2D eigenvalue weighted by Gasteiger charge is -2.33. The van der Waals surface area contributed by atoms with Crippen LogP contribution in [0.4, 0.5) is 0 Å². The van der Waals surface area contributed by atoms with Gasteiger partial charge in [-0.1, -0.05) is 12.1 Å². The Bertz CT molecular complexity index is 710. The fourth-order valence-corrected chi connectivity index (χ4v) is 2.99. The number of piperazine rings is 1.